The molecule has 1 spiro atoms. The Morgan fingerprint density at radius 2 is 2.08 bits per heavy atom. The normalized spacial score (nSPS) is 32.4. The Labute approximate surface area is 144 Å². The summed E-state index contributed by atoms with van der Waals surface area (Å²) in [6.45, 7) is 7.91. The zero-order valence-corrected chi connectivity index (χ0v) is 14.5. The third-order valence-corrected chi connectivity index (χ3v) is 5.54. The number of hydrogen-bond donors (Lipinski definition) is 0. The van der Waals surface area contributed by atoms with Gasteiger partial charge in [-0.1, -0.05) is 6.07 Å². The Kier molecular flexibility index (Phi) is 5.13. The van der Waals surface area contributed by atoms with Crippen molar-refractivity contribution in [2.75, 3.05) is 45.9 Å². The predicted octanol–water partition coefficient (Wildman–Crippen LogP) is 1.93. The third-order valence-electron chi connectivity index (χ3n) is 5.54. The second kappa shape index (κ2) is 7.48. The minimum atomic E-state index is -0.115. The van der Waals surface area contributed by atoms with E-state index in [9.17, 15) is 0 Å². The lowest BCUT2D eigenvalue weighted by Gasteiger charge is -2.32. The Balaban J connectivity index is 1.37. The van der Waals surface area contributed by atoms with Crippen LogP contribution in [-0.4, -0.2) is 72.4 Å². The van der Waals surface area contributed by atoms with Crippen molar-refractivity contribution in [2.45, 2.75) is 43.9 Å². The highest BCUT2D eigenvalue weighted by atomic mass is 16.6. The number of aromatic nitrogens is 1. The standard InChI is InChI=1S/C19H29N3O2/c1-2-8-20-17(5-1)13-22-11-12-23-16-19(15-22)7-6-18(24-19)14-21-9-3-4-10-21/h1-2,5,8,18H,3-4,6-7,9-16H2/t18-,19+/m1/s1. The molecule has 4 rings (SSSR count). The van der Waals surface area contributed by atoms with Crippen molar-refractivity contribution in [2.24, 2.45) is 0 Å². The largest absolute Gasteiger partial charge is 0.377 e. The molecule has 0 bridgehead atoms. The number of likely N-dealkylation sites (tertiary alicyclic amines) is 1. The molecule has 5 nitrogen and oxygen atoms in total. The van der Waals surface area contributed by atoms with Gasteiger partial charge in [0, 0.05) is 32.4 Å². The van der Waals surface area contributed by atoms with Gasteiger partial charge >= 0.3 is 0 Å². The average molecular weight is 331 g/mol. The van der Waals surface area contributed by atoms with E-state index >= 15 is 0 Å². The minimum Gasteiger partial charge on any atom is -0.377 e. The van der Waals surface area contributed by atoms with Crippen LogP contribution in [0.5, 0.6) is 0 Å². The first kappa shape index (κ1) is 16.5. The van der Waals surface area contributed by atoms with Crippen LogP contribution in [0, 0.1) is 0 Å². The highest BCUT2D eigenvalue weighted by Gasteiger charge is 2.43. The van der Waals surface area contributed by atoms with Crippen LogP contribution in [0.25, 0.3) is 0 Å². The van der Waals surface area contributed by atoms with E-state index < -0.39 is 0 Å². The molecular formula is C19H29N3O2. The van der Waals surface area contributed by atoms with E-state index in [2.05, 4.69) is 26.9 Å². The molecule has 132 valence electrons. The minimum absolute atomic E-state index is 0.115. The molecule has 0 saturated carbocycles. The van der Waals surface area contributed by atoms with Crippen LogP contribution < -0.4 is 0 Å². The Morgan fingerprint density at radius 1 is 1.17 bits per heavy atom. The SMILES string of the molecule is c1ccc(CN2CCOC[C@]3(CC[C@H](CN4CCCC4)O3)C2)nc1. The third kappa shape index (κ3) is 3.97. The summed E-state index contributed by atoms with van der Waals surface area (Å²) in [5, 5.41) is 0. The van der Waals surface area contributed by atoms with E-state index in [0.717, 1.165) is 57.9 Å². The fraction of sp³-hybridized carbons (Fsp3) is 0.737. The molecule has 0 aromatic carbocycles. The Morgan fingerprint density at radius 3 is 2.92 bits per heavy atom. The van der Waals surface area contributed by atoms with E-state index in [0.29, 0.717) is 6.10 Å². The van der Waals surface area contributed by atoms with Gasteiger partial charge in [-0.05, 0) is 50.9 Å². The fourth-order valence-electron chi connectivity index (χ4n) is 4.34. The summed E-state index contributed by atoms with van der Waals surface area (Å²) in [5.41, 5.74) is 1.01. The first-order valence-corrected chi connectivity index (χ1v) is 9.42. The van der Waals surface area contributed by atoms with Crippen LogP contribution in [0.1, 0.15) is 31.4 Å². The maximum Gasteiger partial charge on any atom is 0.105 e. The average Bonchev–Trinajstić information content (AvgIpc) is 3.19. The zero-order valence-electron chi connectivity index (χ0n) is 14.5. The summed E-state index contributed by atoms with van der Waals surface area (Å²) in [5.74, 6) is 0. The first-order valence-electron chi connectivity index (χ1n) is 9.42. The van der Waals surface area contributed by atoms with Crippen LogP contribution in [0.15, 0.2) is 24.4 Å². The summed E-state index contributed by atoms with van der Waals surface area (Å²) in [6.07, 6.45) is 7.22. The number of rotatable bonds is 4. The van der Waals surface area contributed by atoms with Gasteiger partial charge < -0.3 is 14.4 Å². The summed E-state index contributed by atoms with van der Waals surface area (Å²) in [4.78, 5) is 9.49. The summed E-state index contributed by atoms with van der Waals surface area (Å²) >= 11 is 0. The lowest BCUT2D eigenvalue weighted by atomic mass is 10.00. The van der Waals surface area contributed by atoms with Crippen molar-refractivity contribution in [3.63, 3.8) is 0 Å². The van der Waals surface area contributed by atoms with E-state index in [1.165, 1.54) is 25.9 Å². The smallest absolute Gasteiger partial charge is 0.105 e. The summed E-state index contributed by atoms with van der Waals surface area (Å²) in [6, 6.07) is 6.13. The maximum atomic E-state index is 6.57. The van der Waals surface area contributed by atoms with Gasteiger partial charge in [0.2, 0.25) is 0 Å². The highest BCUT2D eigenvalue weighted by molar-refractivity contribution is 5.04. The van der Waals surface area contributed by atoms with Crippen molar-refractivity contribution >= 4 is 0 Å². The highest BCUT2D eigenvalue weighted by Crippen LogP contribution is 2.34. The van der Waals surface area contributed by atoms with Crippen LogP contribution >= 0.6 is 0 Å². The fourth-order valence-corrected chi connectivity index (χ4v) is 4.34. The number of hydrogen-bond acceptors (Lipinski definition) is 5. The molecule has 2 atom stereocenters. The molecule has 0 N–H and O–H groups in total. The molecule has 3 fully saturated rings. The van der Waals surface area contributed by atoms with E-state index in [-0.39, 0.29) is 5.60 Å². The Hall–Kier alpha value is -1.01. The second-order valence-electron chi connectivity index (χ2n) is 7.55. The zero-order chi connectivity index (χ0) is 16.2. The van der Waals surface area contributed by atoms with Gasteiger partial charge in [-0.3, -0.25) is 9.88 Å². The number of ether oxygens (including phenoxy) is 2. The first-order chi connectivity index (χ1) is 11.8. The number of nitrogens with zero attached hydrogens (tertiary/aromatic N) is 3. The molecule has 0 unspecified atom stereocenters. The molecule has 0 amide bonds. The molecular weight excluding hydrogens is 302 g/mol. The molecule has 1 aromatic heterocycles. The molecule has 0 aliphatic carbocycles. The van der Waals surface area contributed by atoms with Crippen LogP contribution in [0.4, 0.5) is 0 Å². The van der Waals surface area contributed by atoms with Crippen molar-refractivity contribution < 1.29 is 9.47 Å². The van der Waals surface area contributed by atoms with E-state index in [1.54, 1.807) is 0 Å². The lowest BCUT2D eigenvalue weighted by Crippen LogP contribution is -2.45. The van der Waals surface area contributed by atoms with Crippen molar-refractivity contribution in [3.8, 4) is 0 Å². The topological polar surface area (TPSA) is 37.8 Å². The van der Waals surface area contributed by atoms with Gasteiger partial charge in [0.25, 0.3) is 0 Å². The van der Waals surface area contributed by atoms with E-state index in [4.69, 9.17) is 9.47 Å². The molecule has 4 heterocycles. The van der Waals surface area contributed by atoms with Gasteiger partial charge in [0.15, 0.2) is 0 Å². The van der Waals surface area contributed by atoms with Crippen molar-refractivity contribution in [1.82, 2.24) is 14.8 Å². The molecule has 3 saturated heterocycles. The second-order valence-corrected chi connectivity index (χ2v) is 7.55. The van der Waals surface area contributed by atoms with Crippen LogP contribution in [-0.2, 0) is 16.0 Å². The summed E-state index contributed by atoms with van der Waals surface area (Å²) < 4.78 is 12.5. The molecule has 3 aliphatic rings. The molecule has 1 aromatic rings. The van der Waals surface area contributed by atoms with Crippen molar-refractivity contribution in [1.29, 1.82) is 0 Å². The predicted molar refractivity (Wildman–Crippen MR) is 92.8 cm³/mol. The van der Waals surface area contributed by atoms with Crippen LogP contribution in [0.2, 0.25) is 0 Å². The van der Waals surface area contributed by atoms with Gasteiger partial charge in [-0.15, -0.1) is 0 Å². The number of pyridine rings is 1. The van der Waals surface area contributed by atoms with Gasteiger partial charge in [0.1, 0.15) is 5.60 Å². The van der Waals surface area contributed by atoms with E-state index in [1.807, 2.05) is 12.3 Å². The monoisotopic (exact) mass is 331 g/mol. The molecule has 3 aliphatic heterocycles. The lowest BCUT2D eigenvalue weighted by molar-refractivity contribution is -0.0914. The van der Waals surface area contributed by atoms with Crippen LogP contribution in [0.3, 0.4) is 0 Å². The quantitative estimate of drug-likeness (QED) is 0.843. The molecule has 0 radical (unpaired) electrons. The van der Waals surface area contributed by atoms with Crippen molar-refractivity contribution in [3.05, 3.63) is 30.1 Å². The van der Waals surface area contributed by atoms with Gasteiger partial charge in [0.05, 0.1) is 25.0 Å². The molecule has 5 heteroatoms. The Bertz CT molecular complexity index is 521. The maximum absolute atomic E-state index is 6.57. The summed E-state index contributed by atoms with van der Waals surface area (Å²) in [7, 11) is 0. The molecule has 24 heavy (non-hydrogen) atoms. The van der Waals surface area contributed by atoms with Gasteiger partial charge in [-0.25, -0.2) is 0 Å². The van der Waals surface area contributed by atoms with Gasteiger partial charge in [-0.2, -0.15) is 0 Å².